The van der Waals surface area contributed by atoms with Crippen molar-refractivity contribution in [2.45, 2.75) is 19.3 Å². The molecule has 14 rings (SSSR count). The van der Waals surface area contributed by atoms with Crippen LogP contribution in [0.2, 0.25) is 0 Å². The summed E-state index contributed by atoms with van der Waals surface area (Å²) < 4.78 is 2.44. The highest BCUT2D eigenvalue weighted by Gasteiger charge is 2.35. The SMILES string of the molecule is CC1(C)c2ccccc2-c2ccc(-c3ccc(N(c4ccc(-c5ccccc5)cc4)c4ccc(-c5ccc6c(c5)c5ccccc5n6-c5ccc6c7ccccc7c7ccccc7c6c5)cc4)cc3)cc21. The van der Waals surface area contributed by atoms with Crippen LogP contribution in [0.3, 0.4) is 0 Å². The fourth-order valence-electron chi connectivity index (χ4n) is 11.8. The van der Waals surface area contributed by atoms with Crippen molar-refractivity contribution in [2.24, 2.45) is 0 Å². The third-order valence-electron chi connectivity index (χ3n) is 15.4. The highest BCUT2D eigenvalue weighted by Crippen LogP contribution is 2.50. The summed E-state index contributed by atoms with van der Waals surface area (Å²) in [5.41, 5.74) is 19.5. The standard InChI is InChI=1S/C69H48N2/c1-69(2)65-22-12-10-20-60(65)61-39-30-50(43-66(61)69)48-28-36-53(37-29-48)70(51-32-24-46(25-33-51)45-14-4-3-5-15-45)52-34-26-47(27-35-52)49-31-41-68-64(42-49)62-21-11-13-23-67(62)71(68)54-38-40-59-57-18-7-6-16-55(57)56-17-8-9-19-58(56)63(59)44-54/h3-44H,1-2H3. The van der Waals surface area contributed by atoms with E-state index < -0.39 is 0 Å². The summed E-state index contributed by atoms with van der Waals surface area (Å²) in [5.74, 6) is 0. The molecule has 1 aromatic heterocycles. The molecule has 0 fully saturated rings. The normalized spacial score (nSPS) is 12.8. The predicted octanol–water partition coefficient (Wildman–Crippen LogP) is 19.0. The number of fused-ring (bicyclic) bond motifs is 12. The molecule has 0 unspecified atom stereocenters. The molecule has 1 heterocycles. The number of aromatic nitrogens is 1. The fraction of sp³-hybridized carbons (Fsp3) is 0.0435. The first-order chi connectivity index (χ1) is 35.0. The lowest BCUT2D eigenvalue weighted by atomic mass is 9.81. The maximum absolute atomic E-state index is 2.44. The zero-order chi connectivity index (χ0) is 47.2. The van der Waals surface area contributed by atoms with Gasteiger partial charge in [-0.3, -0.25) is 0 Å². The largest absolute Gasteiger partial charge is 0.311 e. The fourth-order valence-corrected chi connectivity index (χ4v) is 11.8. The van der Waals surface area contributed by atoms with E-state index in [1.807, 2.05) is 0 Å². The molecule has 0 saturated heterocycles. The van der Waals surface area contributed by atoms with Gasteiger partial charge in [0.15, 0.2) is 0 Å². The van der Waals surface area contributed by atoms with Gasteiger partial charge in [-0.05, 0) is 161 Å². The highest BCUT2D eigenvalue weighted by atomic mass is 15.1. The topological polar surface area (TPSA) is 8.17 Å². The van der Waals surface area contributed by atoms with Crippen molar-refractivity contribution in [1.82, 2.24) is 4.57 Å². The number of nitrogens with zero attached hydrogens (tertiary/aromatic N) is 2. The second-order valence-electron chi connectivity index (χ2n) is 19.7. The average Bonchev–Trinajstić information content (AvgIpc) is 3.89. The summed E-state index contributed by atoms with van der Waals surface area (Å²) in [6, 6.07) is 94.1. The van der Waals surface area contributed by atoms with E-state index in [-0.39, 0.29) is 5.41 Å². The van der Waals surface area contributed by atoms with Crippen molar-refractivity contribution >= 4 is 71.2 Å². The van der Waals surface area contributed by atoms with E-state index in [0.717, 1.165) is 22.7 Å². The van der Waals surface area contributed by atoms with E-state index >= 15 is 0 Å². The summed E-state index contributed by atoms with van der Waals surface area (Å²) in [6.07, 6.45) is 0. The van der Waals surface area contributed by atoms with Crippen LogP contribution in [0.1, 0.15) is 25.0 Å². The van der Waals surface area contributed by atoms with Gasteiger partial charge in [-0.15, -0.1) is 0 Å². The molecular formula is C69H48N2. The van der Waals surface area contributed by atoms with Crippen LogP contribution in [0.15, 0.2) is 255 Å². The van der Waals surface area contributed by atoms with Crippen molar-refractivity contribution < 1.29 is 0 Å². The Labute approximate surface area is 414 Å². The molecule has 13 aromatic rings. The number of para-hydroxylation sites is 1. The molecule has 0 N–H and O–H groups in total. The van der Waals surface area contributed by atoms with Crippen LogP contribution in [0.4, 0.5) is 17.1 Å². The molecule has 0 amide bonds. The Kier molecular flexibility index (Phi) is 9.28. The Balaban J connectivity index is 0.833. The van der Waals surface area contributed by atoms with Crippen LogP contribution < -0.4 is 4.90 Å². The van der Waals surface area contributed by atoms with E-state index in [9.17, 15) is 0 Å². The second-order valence-corrected chi connectivity index (χ2v) is 19.7. The molecular weight excluding hydrogens is 857 g/mol. The van der Waals surface area contributed by atoms with Gasteiger partial charge in [-0.1, -0.05) is 196 Å². The van der Waals surface area contributed by atoms with Gasteiger partial charge in [-0.2, -0.15) is 0 Å². The third kappa shape index (κ3) is 6.56. The van der Waals surface area contributed by atoms with E-state index in [2.05, 4.69) is 278 Å². The number of benzene rings is 12. The van der Waals surface area contributed by atoms with Crippen LogP contribution in [-0.2, 0) is 5.41 Å². The Morgan fingerprint density at radius 2 is 0.718 bits per heavy atom. The Morgan fingerprint density at radius 3 is 1.35 bits per heavy atom. The van der Waals surface area contributed by atoms with Crippen molar-refractivity contribution in [2.75, 3.05) is 4.90 Å². The molecule has 0 aliphatic heterocycles. The van der Waals surface area contributed by atoms with Gasteiger partial charge in [0.1, 0.15) is 0 Å². The minimum atomic E-state index is -0.0499. The first-order valence-corrected chi connectivity index (χ1v) is 24.7. The van der Waals surface area contributed by atoms with Gasteiger partial charge in [-0.25, -0.2) is 0 Å². The van der Waals surface area contributed by atoms with Crippen LogP contribution in [0.25, 0.3) is 104 Å². The lowest BCUT2D eigenvalue weighted by molar-refractivity contribution is 0.660. The van der Waals surface area contributed by atoms with Gasteiger partial charge in [0, 0.05) is 38.9 Å². The number of rotatable bonds is 7. The summed E-state index contributed by atoms with van der Waals surface area (Å²) in [5, 5.41) is 10.2. The molecule has 334 valence electrons. The van der Waals surface area contributed by atoms with Crippen molar-refractivity contribution in [3.8, 4) is 50.2 Å². The summed E-state index contributed by atoms with van der Waals surface area (Å²) in [7, 11) is 0. The Bertz CT molecular complexity index is 4180. The van der Waals surface area contributed by atoms with Crippen LogP contribution in [0, 0.1) is 0 Å². The number of hydrogen-bond acceptors (Lipinski definition) is 1. The maximum atomic E-state index is 2.44. The Hall–Kier alpha value is -8.98. The molecule has 0 atom stereocenters. The van der Waals surface area contributed by atoms with Gasteiger partial charge in [0.25, 0.3) is 0 Å². The number of hydrogen-bond donors (Lipinski definition) is 0. The highest BCUT2D eigenvalue weighted by molar-refractivity contribution is 6.25. The monoisotopic (exact) mass is 904 g/mol. The van der Waals surface area contributed by atoms with Gasteiger partial charge in [0.05, 0.1) is 11.0 Å². The Morgan fingerprint density at radius 1 is 0.282 bits per heavy atom. The van der Waals surface area contributed by atoms with Crippen LogP contribution in [0.5, 0.6) is 0 Å². The quantitative estimate of drug-likeness (QED) is 0.145. The lowest BCUT2D eigenvalue weighted by Gasteiger charge is -2.26. The molecule has 0 bridgehead atoms. The minimum absolute atomic E-state index is 0.0499. The summed E-state index contributed by atoms with van der Waals surface area (Å²) >= 11 is 0. The summed E-state index contributed by atoms with van der Waals surface area (Å²) in [4.78, 5) is 2.37. The van der Waals surface area contributed by atoms with Gasteiger partial charge in [0.2, 0.25) is 0 Å². The predicted molar refractivity (Wildman–Crippen MR) is 302 cm³/mol. The zero-order valence-corrected chi connectivity index (χ0v) is 39.6. The molecule has 12 aromatic carbocycles. The van der Waals surface area contributed by atoms with E-state index in [1.54, 1.807) is 0 Å². The molecule has 2 heteroatoms. The molecule has 1 aliphatic carbocycles. The van der Waals surface area contributed by atoms with E-state index in [1.165, 1.54) is 110 Å². The molecule has 0 radical (unpaired) electrons. The number of anilines is 3. The molecule has 71 heavy (non-hydrogen) atoms. The van der Waals surface area contributed by atoms with Gasteiger partial charge < -0.3 is 9.47 Å². The molecule has 2 nitrogen and oxygen atoms in total. The summed E-state index contributed by atoms with van der Waals surface area (Å²) in [6.45, 7) is 4.70. The van der Waals surface area contributed by atoms with E-state index in [4.69, 9.17) is 0 Å². The first kappa shape index (κ1) is 41.0. The molecule has 0 saturated carbocycles. The minimum Gasteiger partial charge on any atom is -0.311 e. The van der Waals surface area contributed by atoms with Gasteiger partial charge >= 0.3 is 0 Å². The molecule has 0 spiro atoms. The lowest BCUT2D eigenvalue weighted by Crippen LogP contribution is -2.14. The van der Waals surface area contributed by atoms with Crippen molar-refractivity contribution in [1.29, 1.82) is 0 Å². The third-order valence-corrected chi connectivity index (χ3v) is 15.4. The van der Waals surface area contributed by atoms with Crippen molar-refractivity contribution in [3.63, 3.8) is 0 Å². The maximum Gasteiger partial charge on any atom is 0.0541 e. The molecule has 1 aliphatic rings. The van der Waals surface area contributed by atoms with E-state index in [0.29, 0.717) is 0 Å². The second kappa shape index (κ2) is 16.1. The average molecular weight is 905 g/mol. The van der Waals surface area contributed by atoms with Crippen LogP contribution in [-0.4, -0.2) is 4.57 Å². The smallest absolute Gasteiger partial charge is 0.0541 e. The first-order valence-electron chi connectivity index (χ1n) is 24.7. The van der Waals surface area contributed by atoms with Crippen LogP contribution >= 0.6 is 0 Å². The zero-order valence-electron chi connectivity index (χ0n) is 39.6. The van der Waals surface area contributed by atoms with Crippen molar-refractivity contribution in [3.05, 3.63) is 266 Å².